The predicted octanol–water partition coefficient (Wildman–Crippen LogP) is 1.92. The molecule has 0 saturated carbocycles. The van der Waals surface area contributed by atoms with Gasteiger partial charge in [0.2, 0.25) is 0 Å². The van der Waals surface area contributed by atoms with Gasteiger partial charge in [-0.15, -0.1) is 3.89 Å². The van der Waals surface area contributed by atoms with E-state index in [1.165, 1.54) is 12.4 Å². The molecule has 0 unspecified atom stereocenters. The summed E-state index contributed by atoms with van der Waals surface area (Å²) in [6.07, 6.45) is 2.89. The average molecular weight is 347 g/mol. The third kappa shape index (κ3) is 3.63. The van der Waals surface area contributed by atoms with Gasteiger partial charge in [0.05, 0.1) is 21.7 Å². The minimum Gasteiger partial charge on any atom is -0.276 e. The molecule has 0 spiro atoms. The Labute approximate surface area is 128 Å². The molecule has 0 aliphatic carbocycles. The number of benzene rings is 1. The van der Waals surface area contributed by atoms with Crippen molar-refractivity contribution < 1.29 is 20.7 Å². The second-order valence-electron chi connectivity index (χ2n) is 4.82. The molecule has 2 aromatic rings. The summed E-state index contributed by atoms with van der Waals surface area (Å²) in [5, 5.41) is 4.00. The molecule has 0 amide bonds. The van der Waals surface area contributed by atoms with Gasteiger partial charge in [-0.25, -0.2) is 8.42 Å². The molecule has 10 heteroatoms. The summed E-state index contributed by atoms with van der Waals surface area (Å²) >= 11 is 0. The Bertz CT molecular complexity index is 871. The van der Waals surface area contributed by atoms with Crippen molar-refractivity contribution in [3.05, 3.63) is 36.7 Å². The van der Waals surface area contributed by atoms with Crippen LogP contribution < -0.4 is 4.72 Å². The Hall–Kier alpha value is -1.94. The summed E-state index contributed by atoms with van der Waals surface area (Å²) in [6, 6.07) is 3.89. The second kappa shape index (κ2) is 5.69. The van der Waals surface area contributed by atoms with Crippen LogP contribution in [0.25, 0.3) is 0 Å². The van der Waals surface area contributed by atoms with Crippen LogP contribution in [0.1, 0.15) is 19.9 Å². The van der Waals surface area contributed by atoms with Gasteiger partial charge in [0.25, 0.3) is 10.0 Å². The molecular weight excluding hydrogens is 333 g/mol. The van der Waals surface area contributed by atoms with E-state index in [0.29, 0.717) is 0 Å². The van der Waals surface area contributed by atoms with Crippen LogP contribution in [-0.2, 0) is 20.2 Å². The van der Waals surface area contributed by atoms with Crippen molar-refractivity contribution in [1.82, 2.24) is 9.78 Å². The van der Waals surface area contributed by atoms with Gasteiger partial charge >= 0.3 is 10.2 Å². The summed E-state index contributed by atoms with van der Waals surface area (Å²) in [7, 11) is -8.77. The van der Waals surface area contributed by atoms with Crippen LogP contribution in [-0.4, -0.2) is 26.6 Å². The summed E-state index contributed by atoms with van der Waals surface area (Å²) in [4.78, 5) is -0.781. The highest BCUT2D eigenvalue weighted by molar-refractivity contribution is 7.92. The van der Waals surface area contributed by atoms with Crippen LogP contribution in [0.2, 0.25) is 0 Å². The maximum atomic E-state index is 12.8. The molecule has 1 aromatic heterocycles. The Morgan fingerprint density at radius 3 is 2.09 bits per heavy atom. The van der Waals surface area contributed by atoms with Crippen LogP contribution in [0.3, 0.4) is 0 Å². The Balaban J connectivity index is 2.26. The fourth-order valence-electron chi connectivity index (χ4n) is 1.67. The highest BCUT2D eigenvalue weighted by atomic mass is 32.3. The van der Waals surface area contributed by atoms with E-state index in [1.54, 1.807) is 4.68 Å². The van der Waals surface area contributed by atoms with E-state index in [1.807, 2.05) is 13.8 Å². The molecule has 0 bridgehead atoms. The van der Waals surface area contributed by atoms with Gasteiger partial charge in [-0.3, -0.25) is 9.40 Å². The Morgan fingerprint density at radius 1 is 1.09 bits per heavy atom. The number of sulfonamides is 1. The lowest BCUT2D eigenvalue weighted by Crippen LogP contribution is -2.12. The third-order valence-electron chi connectivity index (χ3n) is 2.80. The van der Waals surface area contributed by atoms with Crippen LogP contribution in [0.15, 0.2) is 46.5 Å². The number of aromatic nitrogens is 2. The first-order chi connectivity index (χ1) is 10.1. The molecule has 0 aliphatic rings. The first-order valence-electron chi connectivity index (χ1n) is 6.21. The zero-order chi connectivity index (χ0) is 16.5. The Kier molecular flexibility index (Phi) is 4.25. The average Bonchev–Trinajstić information content (AvgIpc) is 2.86. The second-order valence-corrected chi connectivity index (χ2v) is 7.85. The van der Waals surface area contributed by atoms with E-state index in [4.69, 9.17) is 0 Å². The van der Waals surface area contributed by atoms with Crippen molar-refractivity contribution in [2.24, 2.45) is 0 Å². The minimum atomic E-state index is -4.86. The lowest BCUT2D eigenvalue weighted by molar-refractivity contribution is 0.532. The van der Waals surface area contributed by atoms with Crippen molar-refractivity contribution in [3.63, 3.8) is 0 Å². The summed E-state index contributed by atoms with van der Waals surface area (Å²) in [6.45, 7) is 3.78. The van der Waals surface area contributed by atoms with Crippen LogP contribution >= 0.6 is 0 Å². The van der Waals surface area contributed by atoms with Gasteiger partial charge in [0.1, 0.15) is 0 Å². The maximum absolute atomic E-state index is 12.8. The molecule has 1 aromatic carbocycles. The van der Waals surface area contributed by atoms with Gasteiger partial charge < -0.3 is 0 Å². The summed E-state index contributed by atoms with van der Waals surface area (Å²) in [5.74, 6) is 0. The zero-order valence-corrected chi connectivity index (χ0v) is 13.4. The first kappa shape index (κ1) is 16.4. The number of rotatable bonds is 5. The normalized spacial score (nSPS) is 12.5. The number of anilines is 1. The number of nitrogens with one attached hydrogen (secondary N) is 1. The SMILES string of the molecule is CC(C)n1cc(NS(=O)(=O)c2ccc(S(=O)(=O)F)cc2)cn1. The number of halogens is 1. The minimum absolute atomic E-state index is 0.0762. The lowest BCUT2D eigenvalue weighted by Gasteiger charge is -2.06. The molecule has 22 heavy (non-hydrogen) atoms. The van der Waals surface area contributed by atoms with E-state index in [0.717, 1.165) is 24.3 Å². The summed E-state index contributed by atoms with van der Waals surface area (Å²) < 4.78 is 62.4. The molecule has 0 radical (unpaired) electrons. The third-order valence-corrected chi connectivity index (χ3v) is 5.03. The van der Waals surface area contributed by atoms with Gasteiger partial charge in [-0.1, -0.05) is 0 Å². The Morgan fingerprint density at radius 2 is 1.64 bits per heavy atom. The van der Waals surface area contributed by atoms with E-state index >= 15 is 0 Å². The predicted molar refractivity (Wildman–Crippen MR) is 78.2 cm³/mol. The van der Waals surface area contributed by atoms with Gasteiger partial charge in [-0.05, 0) is 38.1 Å². The largest absolute Gasteiger partial charge is 0.332 e. The fraction of sp³-hybridized carbons (Fsp3) is 0.250. The molecule has 0 saturated heterocycles. The lowest BCUT2D eigenvalue weighted by atomic mass is 10.4. The number of hydrogen-bond acceptors (Lipinski definition) is 5. The topological polar surface area (TPSA) is 98.1 Å². The van der Waals surface area contributed by atoms with E-state index in [2.05, 4.69) is 9.82 Å². The van der Waals surface area contributed by atoms with Crippen LogP contribution in [0, 0.1) is 0 Å². The van der Waals surface area contributed by atoms with Crippen molar-refractivity contribution >= 4 is 25.9 Å². The number of nitrogens with zero attached hydrogens (tertiary/aromatic N) is 2. The standard InChI is InChI=1S/C12H14FN3O4S2/c1-9(2)16-8-10(7-14-16)15-22(19,20)12-5-3-11(4-6-12)21(13,17)18/h3-9,15H,1-2H3. The molecule has 7 nitrogen and oxygen atoms in total. The summed E-state index contributed by atoms with van der Waals surface area (Å²) in [5.41, 5.74) is 0.274. The van der Waals surface area contributed by atoms with E-state index in [9.17, 15) is 20.7 Å². The zero-order valence-electron chi connectivity index (χ0n) is 11.8. The molecule has 0 fully saturated rings. The van der Waals surface area contributed by atoms with Crippen LogP contribution in [0.4, 0.5) is 9.57 Å². The quantitative estimate of drug-likeness (QED) is 0.833. The molecule has 0 atom stereocenters. The van der Waals surface area contributed by atoms with Crippen molar-refractivity contribution in [3.8, 4) is 0 Å². The molecule has 0 aliphatic heterocycles. The van der Waals surface area contributed by atoms with Gasteiger partial charge in [-0.2, -0.15) is 13.5 Å². The van der Waals surface area contributed by atoms with Crippen LogP contribution in [0.5, 0.6) is 0 Å². The van der Waals surface area contributed by atoms with Crippen molar-refractivity contribution in [1.29, 1.82) is 0 Å². The fourth-order valence-corrected chi connectivity index (χ4v) is 3.16. The molecule has 1 N–H and O–H groups in total. The van der Waals surface area contributed by atoms with Crippen molar-refractivity contribution in [2.45, 2.75) is 29.7 Å². The molecule has 120 valence electrons. The monoisotopic (exact) mass is 347 g/mol. The molecule has 1 heterocycles. The van der Waals surface area contributed by atoms with Gasteiger partial charge in [0, 0.05) is 12.2 Å². The van der Waals surface area contributed by atoms with Crippen molar-refractivity contribution in [2.75, 3.05) is 4.72 Å². The highest BCUT2D eigenvalue weighted by Crippen LogP contribution is 2.19. The molecular formula is C12H14FN3O4S2. The maximum Gasteiger partial charge on any atom is 0.332 e. The van der Waals surface area contributed by atoms with Gasteiger partial charge in [0.15, 0.2) is 0 Å². The van der Waals surface area contributed by atoms with E-state index < -0.39 is 25.1 Å². The first-order valence-corrected chi connectivity index (χ1v) is 9.08. The molecule has 2 rings (SSSR count). The smallest absolute Gasteiger partial charge is 0.276 e. The highest BCUT2D eigenvalue weighted by Gasteiger charge is 2.18. The van der Waals surface area contributed by atoms with E-state index in [-0.39, 0.29) is 16.6 Å². The number of hydrogen-bond donors (Lipinski definition) is 1.